The Kier molecular flexibility index (Phi) is 5.23. The van der Waals surface area contributed by atoms with E-state index >= 15 is 0 Å². The number of aromatic nitrogens is 1. The molecule has 106 valence electrons. The first-order valence-corrected chi connectivity index (χ1v) is 7.15. The highest BCUT2D eigenvalue weighted by molar-refractivity contribution is 9.10. The van der Waals surface area contributed by atoms with Crippen molar-refractivity contribution in [2.24, 2.45) is 5.73 Å². The maximum Gasteiger partial charge on any atom is 0.124 e. The second kappa shape index (κ2) is 6.92. The van der Waals surface area contributed by atoms with Crippen LogP contribution < -0.4 is 5.73 Å². The quantitative estimate of drug-likeness (QED) is 0.911. The molecule has 1 atom stereocenters. The van der Waals surface area contributed by atoms with Crippen LogP contribution in [0.4, 0.5) is 4.39 Å². The first-order valence-electron chi connectivity index (χ1n) is 6.36. The second-order valence-electron chi connectivity index (χ2n) is 4.69. The molecule has 2 N–H and O–H groups in total. The van der Waals surface area contributed by atoms with Crippen LogP contribution in [0.2, 0.25) is 0 Å². The minimum atomic E-state index is -0.256. The number of hydrogen-bond acceptors (Lipinski definition) is 3. The summed E-state index contributed by atoms with van der Waals surface area (Å²) in [6, 6.07) is 8.69. The normalized spacial score (nSPS) is 12.7. The molecule has 0 aliphatic heterocycles. The van der Waals surface area contributed by atoms with Crippen LogP contribution in [0.3, 0.4) is 0 Å². The molecule has 0 aliphatic rings. The van der Waals surface area contributed by atoms with Gasteiger partial charge in [-0.3, -0.25) is 9.88 Å². The Bertz CT molecular complexity index is 562. The maximum absolute atomic E-state index is 13.2. The molecular weight excluding hydrogens is 321 g/mol. The van der Waals surface area contributed by atoms with Gasteiger partial charge in [0.2, 0.25) is 0 Å². The number of likely N-dealkylation sites (N-methyl/N-ethyl adjacent to an activating group) is 1. The van der Waals surface area contributed by atoms with E-state index in [4.69, 9.17) is 5.73 Å². The average molecular weight is 338 g/mol. The van der Waals surface area contributed by atoms with Crippen LogP contribution in [0.1, 0.15) is 17.2 Å². The molecule has 0 saturated carbocycles. The van der Waals surface area contributed by atoms with Gasteiger partial charge in [0.25, 0.3) is 0 Å². The maximum atomic E-state index is 13.2. The lowest BCUT2D eigenvalue weighted by molar-refractivity contribution is 0.241. The molecule has 0 amide bonds. The summed E-state index contributed by atoms with van der Waals surface area (Å²) in [4.78, 5) is 6.15. The van der Waals surface area contributed by atoms with Crippen LogP contribution in [0, 0.1) is 5.82 Å². The topological polar surface area (TPSA) is 42.2 Å². The number of pyridine rings is 1. The van der Waals surface area contributed by atoms with Gasteiger partial charge in [-0.1, -0.05) is 22.0 Å². The van der Waals surface area contributed by atoms with Crippen LogP contribution in [-0.4, -0.2) is 23.5 Å². The third-order valence-corrected chi connectivity index (χ3v) is 3.94. The fraction of sp³-hybridized carbons (Fsp3) is 0.267. The molecule has 1 aromatic heterocycles. The zero-order valence-electron chi connectivity index (χ0n) is 11.3. The van der Waals surface area contributed by atoms with E-state index in [1.807, 2.05) is 19.2 Å². The largest absolute Gasteiger partial charge is 0.329 e. The van der Waals surface area contributed by atoms with Crippen molar-refractivity contribution in [3.63, 3.8) is 0 Å². The summed E-state index contributed by atoms with van der Waals surface area (Å²) in [5, 5.41) is 0. The highest BCUT2D eigenvalue weighted by Gasteiger charge is 2.18. The lowest BCUT2D eigenvalue weighted by atomic mass is 10.0. The van der Waals surface area contributed by atoms with E-state index in [-0.39, 0.29) is 11.9 Å². The summed E-state index contributed by atoms with van der Waals surface area (Å²) in [7, 11) is 2.01. The van der Waals surface area contributed by atoms with Crippen molar-refractivity contribution in [2.45, 2.75) is 12.6 Å². The van der Waals surface area contributed by atoms with Crippen LogP contribution in [0.15, 0.2) is 47.2 Å². The molecule has 2 rings (SSSR count). The third kappa shape index (κ3) is 3.62. The first-order chi connectivity index (χ1) is 9.61. The lowest BCUT2D eigenvalue weighted by Gasteiger charge is -2.28. The molecule has 0 radical (unpaired) electrons. The van der Waals surface area contributed by atoms with Gasteiger partial charge < -0.3 is 5.73 Å². The molecule has 0 aliphatic carbocycles. The molecule has 3 nitrogen and oxygen atoms in total. The average Bonchev–Trinajstić information content (AvgIpc) is 2.43. The van der Waals surface area contributed by atoms with E-state index in [9.17, 15) is 4.39 Å². The molecule has 0 bridgehead atoms. The van der Waals surface area contributed by atoms with E-state index in [1.54, 1.807) is 18.5 Å². The van der Waals surface area contributed by atoms with E-state index in [0.717, 1.165) is 16.6 Å². The summed E-state index contributed by atoms with van der Waals surface area (Å²) in [6.07, 6.45) is 3.54. The van der Waals surface area contributed by atoms with Gasteiger partial charge in [-0.15, -0.1) is 0 Å². The zero-order valence-corrected chi connectivity index (χ0v) is 12.8. The molecule has 2 aromatic rings. The lowest BCUT2D eigenvalue weighted by Crippen LogP contribution is -2.30. The van der Waals surface area contributed by atoms with Gasteiger partial charge in [-0.25, -0.2) is 4.39 Å². The number of nitrogens with two attached hydrogens (primary N) is 1. The molecule has 0 fully saturated rings. The van der Waals surface area contributed by atoms with Gasteiger partial charge >= 0.3 is 0 Å². The number of hydrogen-bond donors (Lipinski definition) is 1. The summed E-state index contributed by atoms with van der Waals surface area (Å²) < 4.78 is 13.9. The molecule has 5 heteroatoms. The third-order valence-electron chi connectivity index (χ3n) is 3.26. The smallest absolute Gasteiger partial charge is 0.124 e. The van der Waals surface area contributed by atoms with Gasteiger partial charge in [0.1, 0.15) is 5.82 Å². The second-order valence-corrected chi connectivity index (χ2v) is 5.54. The van der Waals surface area contributed by atoms with Crippen LogP contribution in [-0.2, 0) is 6.54 Å². The van der Waals surface area contributed by atoms with E-state index in [0.29, 0.717) is 6.54 Å². The summed E-state index contributed by atoms with van der Waals surface area (Å²) in [5.74, 6) is -0.256. The number of rotatable bonds is 5. The van der Waals surface area contributed by atoms with E-state index < -0.39 is 0 Å². The van der Waals surface area contributed by atoms with Crippen molar-refractivity contribution in [3.8, 4) is 0 Å². The highest BCUT2D eigenvalue weighted by Crippen LogP contribution is 2.28. The molecule has 20 heavy (non-hydrogen) atoms. The van der Waals surface area contributed by atoms with Gasteiger partial charge in [0, 0.05) is 36.0 Å². The molecule has 0 saturated heterocycles. The fourth-order valence-corrected chi connectivity index (χ4v) is 2.82. The number of halogens is 2. The van der Waals surface area contributed by atoms with Crippen molar-refractivity contribution >= 4 is 15.9 Å². The van der Waals surface area contributed by atoms with Crippen molar-refractivity contribution in [1.82, 2.24) is 9.88 Å². The first kappa shape index (κ1) is 15.1. The molecule has 1 unspecified atom stereocenters. The van der Waals surface area contributed by atoms with Crippen molar-refractivity contribution in [3.05, 3.63) is 64.1 Å². The van der Waals surface area contributed by atoms with Gasteiger partial charge in [-0.05, 0) is 42.4 Å². The van der Waals surface area contributed by atoms with Gasteiger partial charge in [-0.2, -0.15) is 0 Å². The van der Waals surface area contributed by atoms with Crippen LogP contribution in [0.5, 0.6) is 0 Å². The Hall–Kier alpha value is -1.30. The fourth-order valence-electron chi connectivity index (χ4n) is 2.20. The SMILES string of the molecule is CN(Cc1ccncc1)C(CN)c1ccc(F)cc1Br. The Morgan fingerprint density at radius 1 is 1.30 bits per heavy atom. The van der Waals surface area contributed by atoms with Crippen molar-refractivity contribution in [1.29, 1.82) is 0 Å². The van der Waals surface area contributed by atoms with Crippen LogP contribution >= 0.6 is 15.9 Å². The summed E-state index contributed by atoms with van der Waals surface area (Å²) in [6.45, 7) is 1.22. The van der Waals surface area contributed by atoms with Crippen LogP contribution in [0.25, 0.3) is 0 Å². The Morgan fingerprint density at radius 3 is 2.60 bits per heavy atom. The minimum absolute atomic E-state index is 0.0261. The Balaban J connectivity index is 2.19. The molecule has 1 aromatic carbocycles. The predicted molar refractivity (Wildman–Crippen MR) is 81.6 cm³/mol. The molecule has 1 heterocycles. The zero-order chi connectivity index (χ0) is 14.5. The van der Waals surface area contributed by atoms with E-state index in [1.165, 1.54) is 17.7 Å². The standard InChI is InChI=1S/C15H17BrFN3/c1-20(10-11-4-6-19-7-5-11)15(9-18)13-3-2-12(17)8-14(13)16/h2-8,15H,9-10,18H2,1H3. The minimum Gasteiger partial charge on any atom is -0.329 e. The Morgan fingerprint density at radius 2 is 2.00 bits per heavy atom. The monoisotopic (exact) mass is 337 g/mol. The Labute approximate surface area is 126 Å². The summed E-state index contributed by atoms with van der Waals surface area (Å²) >= 11 is 3.41. The molecular formula is C15H17BrFN3. The molecule has 0 spiro atoms. The number of benzene rings is 1. The van der Waals surface area contributed by atoms with Gasteiger partial charge in [0.15, 0.2) is 0 Å². The van der Waals surface area contributed by atoms with Gasteiger partial charge in [0.05, 0.1) is 0 Å². The number of nitrogens with zero attached hydrogens (tertiary/aromatic N) is 2. The van der Waals surface area contributed by atoms with Crippen molar-refractivity contribution in [2.75, 3.05) is 13.6 Å². The predicted octanol–water partition coefficient (Wildman–Crippen LogP) is 3.12. The summed E-state index contributed by atoms with van der Waals surface area (Å²) in [5.41, 5.74) is 8.05. The van der Waals surface area contributed by atoms with Crippen molar-refractivity contribution < 1.29 is 4.39 Å². The van der Waals surface area contributed by atoms with E-state index in [2.05, 4.69) is 25.8 Å². The highest BCUT2D eigenvalue weighted by atomic mass is 79.9.